The third-order valence-electron chi connectivity index (χ3n) is 4.16. The highest BCUT2D eigenvalue weighted by Gasteiger charge is 2.18. The third-order valence-corrected chi connectivity index (χ3v) is 5.15. The summed E-state index contributed by atoms with van der Waals surface area (Å²) in [7, 11) is 0. The van der Waals surface area contributed by atoms with E-state index in [-0.39, 0.29) is 24.3 Å². The van der Waals surface area contributed by atoms with E-state index in [4.69, 9.17) is 0 Å². The molecule has 140 valence electrons. The van der Waals surface area contributed by atoms with Crippen molar-refractivity contribution in [1.29, 1.82) is 0 Å². The first-order chi connectivity index (χ1) is 12.5. The molecular formula is C20H27N3O2S. The average molecular weight is 374 g/mol. The van der Waals surface area contributed by atoms with Gasteiger partial charge in [-0.15, -0.1) is 11.3 Å². The summed E-state index contributed by atoms with van der Waals surface area (Å²) in [6.07, 6.45) is 0.209. The molecule has 1 unspecified atom stereocenters. The van der Waals surface area contributed by atoms with Crippen LogP contribution in [0.25, 0.3) is 0 Å². The van der Waals surface area contributed by atoms with E-state index >= 15 is 0 Å². The van der Waals surface area contributed by atoms with Gasteiger partial charge in [0.25, 0.3) is 0 Å². The molecule has 1 aromatic heterocycles. The number of hydrogen-bond donors (Lipinski definition) is 2. The lowest BCUT2D eigenvalue weighted by Gasteiger charge is -2.19. The van der Waals surface area contributed by atoms with E-state index in [0.29, 0.717) is 0 Å². The van der Waals surface area contributed by atoms with Crippen LogP contribution in [0.1, 0.15) is 43.7 Å². The van der Waals surface area contributed by atoms with Gasteiger partial charge in [0, 0.05) is 24.0 Å². The Balaban J connectivity index is 2.00. The van der Waals surface area contributed by atoms with E-state index in [9.17, 15) is 9.59 Å². The van der Waals surface area contributed by atoms with Crippen LogP contribution in [0.15, 0.2) is 41.8 Å². The smallest absolute Gasteiger partial charge is 0.226 e. The standard InChI is InChI=1S/C20H27N3O2S/c1-4-23(5-2)14-16-8-6-9-17(12-16)22-20(25)13-18(21-15(3)24)19-10-7-11-26-19/h6-12,18H,4-5,13-14H2,1-3H3,(H,21,24)(H,22,25). The first-order valence-corrected chi connectivity index (χ1v) is 9.81. The minimum absolute atomic E-state index is 0.114. The van der Waals surface area contributed by atoms with Gasteiger partial charge in [-0.3, -0.25) is 14.5 Å². The van der Waals surface area contributed by atoms with Crippen molar-refractivity contribution in [1.82, 2.24) is 10.2 Å². The zero-order valence-electron chi connectivity index (χ0n) is 15.6. The Bertz CT molecular complexity index is 712. The molecule has 0 spiro atoms. The number of amides is 2. The van der Waals surface area contributed by atoms with Gasteiger partial charge in [-0.2, -0.15) is 0 Å². The Morgan fingerprint density at radius 3 is 2.54 bits per heavy atom. The van der Waals surface area contributed by atoms with Gasteiger partial charge in [0.2, 0.25) is 11.8 Å². The van der Waals surface area contributed by atoms with Crippen molar-refractivity contribution in [3.8, 4) is 0 Å². The molecule has 0 aliphatic heterocycles. The van der Waals surface area contributed by atoms with E-state index in [1.807, 2.05) is 35.7 Å². The zero-order valence-corrected chi connectivity index (χ0v) is 16.4. The summed E-state index contributed by atoms with van der Waals surface area (Å²) < 4.78 is 0. The van der Waals surface area contributed by atoms with Crippen molar-refractivity contribution in [2.75, 3.05) is 18.4 Å². The lowest BCUT2D eigenvalue weighted by atomic mass is 10.1. The van der Waals surface area contributed by atoms with Gasteiger partial charge >= 0.3 is 0 Å². The number of rotatable bonds is 9. The van der Waals surface area contributed by atoms with Crippen molar-refractivity contribution in [2.45, 2.75) is 39.8 Å². The van der Waals surface area contributed by atoms with E-state index < -0.39 is 0 Å². The second kappa shape index (κ2) is 10.1. The predicted molar refractivity (Wildman–Crippen MR) is 107 cm³/mol. The normalized spacial score (nSPS) is 12.0. The Kier molecular flexibility index (Phi) is 7.81. The molecule has 1 atom stereocenters. The summed E-state index contributed by atoms with van der Waals surface area (Å²) >= 11 is 1.54. The number of nitrogens with zero attached hydrogens (tertiary/aromatic N) is 1. The van der Waals surface area contributed by atoms with Crippen LogP contribution < -0.4 is 10.6 Å². The van der Waals surface area contributed by atoms with Crippen LogP contribution in [0.5, 0.6) is 0 Å². The fraction of sp³-hybridized carbons (Fsp3) is 0.400. The number of hydrogen-bond acceptors (Lipinski definition) is 4. The van der Waals surface area contributed by atoms with Crippen LogP contribution in [-0.2, 0) is 16.1 Å². The molecule has 5 nitrogen and oxygen atoms in total. The number of benzene rings is 1. The molecule has 2 N–H and O–H groups in total. The molecule has 1 aromatic carbocycles. The molecule has 0 saturated carbocycles. The molecule has 2 rings (SSSR count). The fourth-order valence-electron chi connectivity index (χ4n) is 2.81. The summed E-state index contributed by atoms with van der Waals surface area (Å²) in [5.41, 5.74) is 1.95. The van der Waals surface area contributed by atoms with Gasteiger partial charge in [0.05, 0.1) is 12.5 Å². The monoisotopic (exact) mass is 373 g/mol. The number of nitrogens with one attached hydrogen (secondary N) is 2. The van der Waals surface area contributed by atoms with Crippen LogP contribution in [0.4, 0.5) is 5.69 Å². The van der Waals surface area contributed by atoms with Crippen molar-refractivity contribution in [3.63, 3.8) is 0 Å². The summed E-state index contributed by atoms with van der Waals surface area (Å²) in [6.45, 7) is 8.60. The van der Waals surface area contributed by atoms with Crippen molar-refractivity contribution in [2.24, 2.45) is 0 Å². The predicted octanol–water partition coefficient (Wildman–Crippen LogP) is 3.80. The van der Waals surface area contributed by atoms with Crippen molar-refractivity contribution in [3.05, 3.63) is 52.2 Å². The molecule has 26 heavy (non-hydrogen) atoms. The quantitative estimate of drug-likeness (QED) is 0.703. The summed E-state index contributed by atoms with van der Waals surface area (Å²) in [5, 5.41) is 7.75. The van der Waals surface area contributed by atoms with Crippen molar-refractivity contribution < 1.29 is 9.59 Å². The Labute approximate surface area is 159 Å². The number of carbonyl (C=O) groups excluding carboxylic acids is 2. The molecule has 0 radical (unpaired) electrons. The zero-order chi connectivity index (χ0) is 18.9. The number of anilines is 1. The van der Waals surface area contributed by atoms with Gasteiger partial charge in [0.1, 0.15) is 0 Å². The lowest BCUT2D eigenvalue weighted by Crippen LogP contribution is -2.29. The van der Waals surface area contributed by atoms with Gasteiger partial charge < -0.3 is 10.6 Å². The molecule has 2 aromatic rings. The van der Waals surface area contributed by atoms with Crippen LogP contribution in [0, 0.1) is 0 Å². The second-order valence-corrected chi connectivity index (χ2v) is 7.16. The van der Waals surface area contributed by atoms with Crippen LogP contribution >= 0.6 is 11.3 Å². The Morgan fingerprint density at radius 2 is 1.92 bits per heavy atom. The molecule has 0 bridgehead atoms. The largest absolute Gasteiger partial charge is 0.348 e. The summed E-state index contributed by atoms with van der Waals surface area (Å²) in [6, 6.07) is 11.5. The highest BCUT2D eigenvalue weighted by molar-refractivity contribution is 7.10. The van der Waals surface area contributed by atoms with Crippen LogP contribution in [0.2, 0.25) is 0 Å². The summed E-state index contributed by atoms with van der Waals surface area (Å²) in [5.74, 6) is -0.255. The Hall–Kier alpha value is -2.18. The van der Waals surface area contributed by atoms with Crippen LogP contribution in [-0.4, -0.2) is 29.8 Å². The first-order valence-electron chi connectivity index (χ1n) is 8.93. The van der Waals surface area contributed by atoms with Gasteiger partial charge in [-0.05, 0) is 42.2 Å². The topological polar surface area (TPSA) is 61.4 Å². The molecule has 0 aliphatic rings. The maximum Gasteiger partial charge on any atom is 0.226 e. The van der Waals surface area contributed by atoms with Gasteiger partial charge in [-0.25, -0.2) is 0 Å². The molecule has 0 aliphatic carbocycles. The SMILES string of the molecule is CCN(CC)Cc1cccc(NC(=O)CC(NC(C)=O)c2cccs2)c1. The first kappa shape index (κ1) is 20.1. The molecule has 1 heterocycles. The molecule has 0 fully saturated rings. The third kappa shape index (κ3) is 6.28. The highest BCUT2D eigenvalue weighted by Crippen LogP contribution is 2.23. The molecule has 0 saturated heterocycles. The Morgan fingerprint density at radius 1 is 1.15 bits per heavy atom. The fourth-order valence-corrected chi connectivity index (χ4v) is 3.59. The maximum atomic E-state index is 12.5. The molecule has 2 amide bonds. The van der Waals surface area contributed by atoms with E-state index in [2.05, 4.69) is 35.4 Å². The minimum atomic E-state index is -0.300. The average Bonchev–Trinajstić information content (AvgIpc) is 3.13. The minimum Gasteiger partial charge on any atom is -0.348 e. The van der Waals surface area contributed by atoms with Crippen molar-refractivity contribution >= 4 is 28.8 Å². The van der Waals surface area contributed by atoms with E-state index in [1.165, 1.54) is 23.8 Å². The second-order valence-electron chi connectivity index (χ2n) is 6.18. The molecular weight excluding hydrogens is 346 g/mol. The van der Waals surface area contributed by atoms with Gasteiger partial charge in [0.15, 0.2) is 0 Å². The van der Waals surface area contributed by atoms with Gasteiger partial charge in [-0.1, -0.05) is 32.0 Å². The summed E-state index contributed by atoms with van der Waals surface area (Å²) in [4.78, 5) is 27.2. The number of carbonyl (C=O) groups is 2. The number of thiophene rings is 1. The van der Waals surface area contributed by atoms with E-state index in [0.717, 1.165) is 30.2 Å². The van der Waals surface area contributed by atoms with Crippen LogP contribution in [0.3, 0.4) is 0 Å². The lowest BCUT2D eigenvalue weighted by molar-refractivity contribution is -0.120. The maximum absolute atomic E-state index is 12.5. The highest BCUT2D eigenvalue weighted by atomic mass is 32.1. The molecule has 6 heteroatoms. The van der Waals surface area contributed by atoms with E-state index in [1.54, 1.807) is 0 Å².